The largest absolute Gasteiger partial charge is 0.480 e. The number of aliphatic carboxylic acids is 1. The van der Waals surface area contributed by atoms with Gasteiger partial charge in [-0.25, -0.2) is 4.98 Å². The number of rotatable bonds is 4. The summed E-state index contributed by atoms with van der Waals surface area (Å²) in [5.41, 5.74) is 1.06. The fourth-order valence-electron chi connectivity index (χ4n) is 3.44. The smallest absolute Gasteiger partial charge is 0.320 e. The minimum Gasteiger partial charge on any atom is -0.480 e. The first-order valence-electron chi connectivity index (χ1n) is 7.65. The van der Waals surface area contributed by atoms with E-state index in [4.69, 9.17) is 4.98 Å². The second-order valence-corrected chi connectivity index (χ2v) is 6.87. The Morgan fingerprint density at radius 3 is 2.85 bits per heavy atom. The molecule has 4 nitrogen and oxygen atoms in total. The number of likely N-dealkylation sites (tertiary alicyclic amines) is 1. The van der Waals surface area contributed by atoms with Crippen LogP contribution in [0, 0.1) is 0 Å². The zero-order valence-electron chi connectivity index (χ0n) is 11.8. The van der Waals surface area contributed by atoms with Gasteiger partial charge in [-0.2, -0.15) is 0 Å². The summed E-state index contributed by atoms with van der Waals surface area (Å²) in [7, 11) is 0. The molecule has 0 unspecified atom stereocenters. The first-order chi connectivity index (χ1) is 9.74. The van der Waals surface area contributed by atoms with Crippen molar-refractivity contribution in [2.24, 2.45) is 0 Å². The third-order valence-corrected chi connectivity index (χ3v) is 5.59. The van der Waals surface area contributed by atoms with Crippen molar-refractivity contribution in [3.8, 4) is 0 Å². The number of hydrogen-bond acceptors (Lipinski definition) is 4. The molecule has 1 saturated heterocycles. The van der Waals surface area contributed by atoms with Gasteiger partial charge in [0.2, 0.25) is 0 Å². The molecular weight excluding hydrogens is 272 g/mol. The van der Waals surface area contributed by atoms with E-state index in [-0.39, 0.29) is 6.04 Å². The van der Waals surface area contributed by atoms with Gasteiger partial charge in [-0.15, -0.1) is 11.3 Å². The van der Waals surface area contributed by atoms with Gasteiger partial charge in [0.05, 0.1) is 10.7 Å². The van der Waals surface area contributed by atoms with Crippen LogP contribution in [0.2, 0.25) is 0 Å². The second-order valence-electron chi connectivity index (χ2n) is 5.98. The van der Waals surface area contributed by atoms with Crippen LogP contribution in [0.15, 0.2) is 5.38 Å². The van der Waals surface area contributed by atoms with Crippen molar-refractivity contribution in [3.05, 3.63) is 16.1 Å². The number of carboxylic acids is 1. The molecule has 1 aromatic heterocycles. The van der Waals surface area contributed by atoms with E-state index in [1.807, 2.05) is 0 Å². The zero-order valence-corrected chi connectivity index (χ0v) is 12.6. The van der Waals surface area contributed by atoms with Gasteiger partial charge >= 0.3 is 5.97 Å². The summed E-state index contributed by atoms with van der Waals surface area (Å²) >= 11 is 1.76. The highest BCUT2D eigenvalue weighted by molar-refractivity contribution is 7.09. The Morgan fingerprint density at radius 1 is 1.30 bits per heavy atom. The summed E-state index contributed by atoms with van der Waals surface area (Å²) in [4.78, 5) is 18.0. The lowest BCUT2D eigenvalue weighted by Crippen LogP contribution is -2.35. The molecule has 1 aliphatic carbocycles. The van der Waals surface area contributed by atoms with Crippen LogP contribution in [0.4, 0.5) is 0 Å². The van der Waals surface area contributed by atoms with Crippen molar-refractivity contribution in [2.75, 3.05) is 6.54 Å². The molecule has 0 bridgehead atoms. The third kappa shape index (κ3) is 3.04. The Labute approximate surface area is 123 Å². The maximum absolute atomic E-state index is 11.2. The molecule has 1 aromatic rings. The monoisotopic (exact) mass is 294 g/mol. The van der Waals surface area contributed by atoms with E-state index >= 15 is 0 Å². The van der Waals surface area contributed by atoms with Crippen LogP contribution in [-0.2, 0) is 11.3 Å². The topological polar surface area (TPSA) is 53.4 Å². The predicted octanol–water partition coefficient (Wildman–Crippen LogP) is 3.24. The Morgan fingerprint density at radius 2 is 2.10 bits per heavy atom. The Hall–Kier alpha value is -0.940. The predicted molar refractivity (Wildman–Crippen MR) is 79.0 cm³/mol. The number of hydrogen-bond donors (Lipinski definition) is 1. The van der Waals surface area contributed by atoms with E-state index in [0.717, 1.165) is 25.1 Å². The van der Waals surface area contributed by atoms with Crippen molar-refractivity contribution in [3.63, 3.8) is 0 Å². The van der Waals surface area contributed by atoms with Crippen LogP contribution >= 0.6 is 11.3 Å². The molecule has 2 aliphatic rings. The molecule has 1 N–H and O–H groups in total. The highest BCUT2D eigenvalue weighted by atomic mass is 32.1. The van der Waals surface area contributed by atoms with Crippen molar-refractivity contribution < 1.29 is 9.90 Å². The van der Waals surface area contributed by atoms with E-state index in [1.54, 1.807) is 11.3 Å². The first-order valence-corrected chi connectivity index (χ1v) is 8.53. The number of carbonyl (C=O) groups is 1. The number of carboxylic acid groups (broad SMARTS) is 1. The fourth-order valence-corrected chi connectivity index (χ4v) is 4.42. The molecule has 110 valence electrons. The van der Waals surface area contributed by atoms with Crippen molar-refractivity contribution >= 4 is 17.3 Å². The summed E-state index contributed by atoms with van der Waals surface area (Å²) in [5, 5.41) is 12.6. The average molecular weight is 294 g/mol. The lowest BCUT2D eigenvalue weighted by atomic mass is 9.90. The minimum absolute atomic E-state index is 0.310. The van der Waals surface area contributed by atoms with Crippen molar-refractivity contribution in [2.45, 2.75) is 63.5 Å². The van der Waals surface area contributed by atoms with Gasteiger partial charge in [0, 0.05) is 17.8 Å². The van der Waals surface area contributed by atoms with E-state index in [0.29, 0.717) is 12.5 Å². The Bertz CT molecular complexity index is 468. The third-order valence-electron chi connectivity index (χ3n) is 4.54. The first kappa shape index (κ1) is 14.0. The zero-order chi connectivity index (χ0) is 13.9. The van der Waals surface area contributed by atoms with Gasteiger partial charge in [-0.05, 0) is 32.2 Å². The number of thiazole rings is 1. The summed E-state index contributed by atoms with van der Waals surface area (Å²) in [5.74, 6) is -0.0402. The maximum Gasteiger partial charge on any atom is 0.320 e. The molecule has 2 fully saturated rings. The highest BCUT2D eigenvalue weighted by Gasteiger charge is 2.31. The molecule has 0 amide bonds. The van der Waals surface area contributed by atoms with Gasteiger partial charge in [-0.3, -0.25) is 9.69 Å². The molecule has 0 aromatic carbocycles. The molecule has 2 heterocycles. The molecule has 3 rings (SSSR count). The Kier molecular flexibility index (Phi) is 4.36. The normalized spacial score (nSPS) is 25.1. The summed E-state index contributed by atoms with van der Waals surface area (Å²) in [6.07, 6.45) is 8.32. The highest BCUT2D eigenvalue weighted by Crippen LogP contribution is 2.34. The van der Waals surface area contributed by atoms with Crippen LogP contribution in [0.25, 0.3) is 0 Å². The van der Waals surface area contributed by atoms with E-state index in [1.165, 1.54) is 37.1 Å². The van der Waals surface area contributed by atoms with Crippen molar-refractivity contribution in [1.29, 1.82) is 0 Å². The van der Waals surface area contributed by atoms with E-state index in [9.17, 15) is 9.90 Å². The molecular formula is C15H22N2O2S. The summed E-state index contributed by atoms with van der Waals surface area (Å²) in [6, 6.07) is -0.310. The van der Waals surface area contributed by atoms with Gasteiger partial charge in [0.15, 0.2) is 0 Å². The van der Waals surface area contributed by atoms with Gasteiger partial charge in [0.25, 0.3) is 0 Å². The minimum atomic E-state index is -0.690. The molecule has 1 atom stereocenters. The number of aromatic nitrogens is 1. The standard InChI is InChI=1S/C15H22N2O2S/c18-15(19)13-7-4-8-17(13)9-12-10-20-14(16-12)11-5-2-1-3-6-11/h10-11,13H,1-9H2,(H,18,19)/t13-/m0/s1. The van der Waals surface area contributed by atoms with E-state index < -0.39 is 5.97 Å². The van der Waals surface area contributed by atoms with E-state index in [2.05, 4.69) is 10.3 Å². The van der Waals surface area contributed by atoms with Gasteiger partial charge in [0.1, 0.15) is 6.04 Å². The van der Waals surface area contributed by atoms with Crippen LogP contribution in [0.3, 0.4) is 0 Å². The average Bonchev–Trinajstić information content (AvgIpc) is 3.09. The quantitative estimate of drug-likeness (QED) is 0.926. The van der Waals surface area contributed by atoms with Crippen molar-refractivity contribution in [1.82, 2.24) is 9.88 Å². The molecule has 0 spiro atoms. The van der Waals surface area contributed by atoms with Gasteiger partial charge < -0.3 is 5.11 Å². The molecule has 0 radical (unpaired) electrons. The molecule has 1 saturated carbocycles. The number of nitrogens with zero attached hydrogens (tertiary/aromatic N) is 2. The maximum atomic E-state index is 11.2. The van der Waals surface area contributed by atoms with Crippen LogP contribution in [0.1, 0.15) is 61.6 Å². The lowest BCUT2D eigenvalue weighted by molar-refractivity contribution is -0.142. The second kappa shape index (κ2) is 6.22. The Balaban J connectivity index is 1.63. The molecule has 5 heteroatoms. The summed E-state index contributed by atoms with van der Waals surface area (Å²) in [6.45, 7) is 1.58. The van der Waals surface area contributed by atoms with Crippen LogP contribution in [0.5, 0.6) is 0 Å². The van der Waals surface area contributed by atoms with Gasteiger partial charge in [-0.1, -0.05) is 19.3 Å². The fraction of sp³-hybridized carbons (Fsp3) is 0.733. The van der Waals surface area contributed by atoms with Crippen LogP contribution in [-0.4, -0.2) is 33.5 Å². The summed E-state index contributed by atoms with van der Waals surface area (Å²) < 4.78 is 0. The lowest BCUT2D eigenvalue weighted by Gasteiger charge is -2.20. The van der Waals surface area contributed by atoms with Crippen LogP contribution < -0.4 is 0 Å². The molecule has 20 heavy (non-hydrogen) atoms. The SMILES string of the molecule is O=C(O)[C@@H]1CCCN1Cc1csc(C2CCCCC2)n1. The molecule has 1 aliphatic heterocycles.